The molecule has 0 fully saturated rings. The first kappa shape index (κ1) is 9.77. The number of nitrogen functional groups attached to an aromatic ring is 1. The van der Waals surface area contributed by atoms with Gasteiger partial charge in [0.2, 0.25) is 0 Å². The Morgan fingerprint density at radius 1 is 1.33 bits per heavy atom. The maximum absolute atomic E-state index is 11.9. The van der Waals surface area contributed by atoms with E-state index in [1.807, 2.05) is 38.1 Å². The number of aryl methyl sites for hydroxylation is 2. The van der Waals surface area contributed by atoms with E-state index in [0.29, 0.717) is 12.2 Å². The number of rotatable bonds is 1. The molecule has 1 aromatic heterocycles. The van der Waals surface area contributed by atoms with Crippen LogP contribution in [0, 0.1) is 6.92 Å². The summed E-state index contributed by atoms with van der Waals surface area (Å²) in [5.74, 6) is 0. The average Bonchev–Trinajstić information content (AvgIpc) is 2.27. The van der Waals surface area contributed by atoms with E-state index in [1.54, 1.807) is 4.57 Å². The van der Waals surface area contributed by atoms with Gasteiger partial charge in [0.25, 0.3) is 5.56 Å². The number of benzene rings is 1. The first-order chi connectivity index (χ1) is 7.16. The van der Waals surface area contributed by atoms with E-state index in [-0.39, 0.29) is 5.56 Å². The Balaban J connectivity index is 3.05. The lowest BCUT2D eigenvalue weighted by molar-refractivity contribution is 0.761. The second-order valence-electron chi connectivity index (χ2n) is 3.61. The maximum Gasteiger partial charge on any atom is 0.274 e. The fourth-order valence-corrected chi connectivity index (χ4v) is 1.90. The Hall–Kier alpha value is -1.77. The topological polar surface area (TPSA) is 48.0 Å². The van der Waals surface area contributed by atoms with Crippen molar-refractivity contribution in [1.29, 1.82) is 0 Å². The molecule has 0 radical (unpaired) electrons. The summed E-state index contributed by atoms with van der Waals surface area (Å²) in [5, 5.41) is 1.05. The van der Waals surface area contributed by atoms with Gasteiger partial charge >= 0.3 is 0 Å². The van der Waals surface area contributed by atoms with Crippen molar-refractivity contribution in [3.8, 4) is 0 Å². The lowest BCUT2D eigenvalue weighted by Crippen LogP contribution is -2.23. The van der Waals surface area contributed by atoms with Crippen LogP contribution in [-0.4, -0.2) is 4.57 Å². The molecular weight excluding hydrogens is 188 g/mol. The zero-order chi connectivity index (χ0) is 11.0. The van der Waals surface area contributed by atoms with Crippen molar-refractivity contribution >= 4 is 16.6 Å². The maximum atomic E-state index is 11.9. The Morgan fingerprint density at radius 2 is 2.00 bits per heavy atom. The molecule has 15 heavy (non-hydrogen) atoms. The molecule has 0 aliphatic heterocycles. The van der Waals surface area contributed by atoms with Gasteiger partial charge in [0.1, 0.15) is 5.69 Å². The highest BCUT2D eigenvalue weighted by Gasteiger charge is 2.09. The molecule has 2 N–H and O–H groups in total. The van der Waals surface area contributed by atoms with Gasteiger partial charge in [-0.2, -0.15) is 0 Å². The fraction of sp³-hybridized carbons (Fsp3) is 0.250. The third kappa shape index (κ3) is 1.31. The number of pyridine rings is 1. The number of hydrogen-bond acceptors (Lipinski definition) is 2. The molecule has 2 rings (SSSR count). The van der Waals surface area contributed by atoms with Crippen LogP contribution in [-0.2, 0) is 6.54 Å². The van der Waals surface area contributed by atoms with Crippen molar-refractivity contribution in [3.63, 3.8) is 0 Å². The lowest BCUT2D eigenvalue weighted by Gasteiger charge is -2.11. The quantitative estimate of drug-likeness (QED) is 0.767. The van der Waals surface area contributed by atoms with Crippen molar-refractivity contribution in [1.82, 2.24) is 4.57 Å². The average molecular weight is 202 g/mol. The van der Waals surface area contributed by atoms with E-state index in [2.05, 4.69) is 0 Å². The third-order valence-corrected chi connectivity index (χ3v) is 2.79. The van der Waals surface area contributed by atoms with Gasteiger partial charge < -0.3 is 10.3 Å². The van der Waals surface area contributed by atoms with Gasteiger partial charge in [0.15, 0.2) is 0 Å². The largest absolute Gasteiger partial charge is 0.394 e. The summed E-state index contributed by atoms with van der Waals surface area (Å²) in [7, 11) is 0. The first-order valence-electron chi connectivity index (χ1n) is 5.04. The molecule has 1 aromatic carbocycles. The number of anilines is 1. The fourth-order valence-electron chi connectivity index (χ4n) is 1.90. The van der Waals surface area contributed by atoms with E-state index < -0.39 is 0 Å². The van der Waals surface area contributed by atoms with Gasteiger partial charge in [-0.1, -0.05) is 18.2 Å². The molecule has 78 valence electrons. The van der Waals surface area contributed by atoms with Gasteiger partial charge in [-0.05, 0) is 25.5 Å². The molecule has 0 saturated carbocycles. The second-order valence-corrected chi connectivity index (χ2v) is 3.61. The summed E-state index contributed by atoms with van der Waals surface area (Å²) in [6, 6.07) is 7.84. The molecule has 0 bridgehead atoms. The molecule has 1 heterocycles. The van der Waals surface area contributed by atoms with Crippen molar-refractivity contribution in [2.75, 3.05) is 5.73 Å². The third-order valence-electron chi connectivity index (χ3n) is 2.79. The first-order valence-corrected chi connectivity index (χ1v) is 5.04. The summed E-state index contributed by atoms with van der Waals surface area (Å²) in [6.07, 6.45) is 0. The summed E-state index contributed by atoms with van der Waals surface area (Å²) in [6.45, 7) is 4.48. The van der Waals surface area contributed by atoms with Gasteiger partial charge in [-0.25, -0.2) is 0 Å². The molecule has 0 unspecified atom stereocenters. The number of nitrogens with two attached hydrogens (primary N) is 1. The summed E-state index contributed by atoms with van der Waals surface area (Å²) >= 11 is 0. The van der Waals surface area contributed by atoms with Gasteiger partial charge in [-0.3, -0.25) is 4.79 Å². The molecule has 0 amide bonds. The second kappa shape index (κ2) is 3.42. The molecule has 0 spiro atoms. The Bertz CT molecular complexity index is 570. The normalized spacial score (nSPS) is 10.8. The molecule has 0 saturated heterocycles. The SMILES string of the molecule is CCn1c(=O)c(N)c(C)c2ccccc21. The molecule has 0 atom stereocenters. The Kier molecular flexibility index (Phi) is 2.23. The molecule has 2 aromatic rings. The summed E-state index contributed by atoms with van der Waals surface area (Å²) in [5.41, 5.74) is 7.89. The van der Waals surface area contributed by atoms with Crippen LogP contribution >= 0.6 is 0 Å². The van der Waals surface area contributed by atoms with Gasteiger partial charge in [0.05, 0.1) is 5.52 Å². The van der Waals surface area contributed by atoms with E-state index in [1.165, 1.54) is 0 Å². The Morgan fingerprint density at radius 3 is 2.67 bits per heavy atom. The van der Waals surface area contributed by atoms with E-state index in [0.717, 1.165) is 16.5 Å². The van der Waals surface area contributed by atoms with Gasteiger partial charge in [0, 0.05) is 11.9 Å². The molecule has 0 aliphatic carbocycles. The predicted octanol–water partition coefficient (Wildman–Crippen LogP) is 1.91. The van der Waals surface area contributed by atoms with Gasteiger partial charge in [-0.15, -0.1) is 0 Å². The van der Waals surface area contributed by atoms with Crippen molar-refractivity contribution in [2.45, 2.75) is 20.4 Å². The van der Waals surface area contributed by atoms with Crippen LogP contribution in [0.3, 0.4) is 0 Å². The van der Waals surface area contributed by atoms with Crippen molar-refractivity contribution in [3.05, 3.63) is 40.2 Å². The molecule has 3 nitrogen and oxygen atoms in total. The zero-order valence-corrected chi connectivity index (χ0v) is 8.95. The highest BCUT2D eigenvalue weighted by atomic mass is 16.1. The van der Waals surface area contributed by atoms with E-state index in [9.17, 15) is 4.79 Å². The van der Waals surface area contributed by atoms with Crippen LogP contribution in [0.15, 0.2) is 29.1 Å². The predicted molar refractivity (Wildman–Crippen MR) is 63.0 cm³/mol. The standard InChI is InChI=1S/C12H14N2O/c1-3-14-10-7-5-4-6-9(10)8(2)11(13)12(14)15/h4-7H,3,13H2,1-2H3. The van der Waals surface area contributed by atoms with Crippen LogP contribution in [0.4, 0.5) is 5.69 Å². The van der Waals surface area contributed by atoms with E-state index >= 15 is 0 Å². The number of hydrogen-bond donors (Lipinski definition) is 1. The lowest BCUT2D eigenvalue weighted by atomic mass is 10.1. The van der Waals surface area contributed by atoms with Crippen LogP contribution in [0.1, 0.15) is 12.5 Å². The number of fused-ring (bicyclic) bond motifs is 1. The zero-order valence-electron chi connectivity index (χ0n) is 8.95. The number of nitrogens with zero attached hydrogens (tertiary/aromatic N) is 1. The van der Waals surface area contributed by atoms with Crippen LogP contribution in [0.2, 0.25) is 0 Å². The highest BCUT2D eigenvalue weighted by Crippen LogP contribution is 2.19. The minimum absolute atomic E-state index is 0.0892. The molecular formula is C12H14N2O. The Labute approximate surface area is 88.1 Å². The number of para-hydroxylation sites is 1. The highest BCUT2D eigenvalue weighted by molar-refractivity contribution is 5.86. The summed E-state index contributed by atoms with van der Waals surface area (Å²) in [4.78, 5) is 11.9. The van der Waals surface area contributed by atoms with Crippen LogP contribution in [0.25, 0.3) is 10.9 Å². The monoisotopic (exact) mass is 202 g/mol. The molecule has 3 heteroatoms. The minimum atomic E-state index is -0.0892. The van der Waals surface area contributed by atoms with Crippen LogP contribution in [0.5, 0.6) is 0 Å². The molecule has 0 aliphatic rings. The van der Waals surface area contributed by atoms with Crippen molar-refractivity contribution in [2.24, 2.45) is 0 Å². The van der Waals surface area contributed by atoms with Crippen LogP contribution < -0.4 is 11.3 Å². The van der Waals surface area contributed by atoms with Crippen molar-refractivity contribution < 1.29 is 0 Å². The minimum Gasteiger partial charge on any atom is -0.394 e. The number of aromatic nitrogens is 1. The summed E-state index contributed by atoms with van der Waals surface area (Å²) < 4.78 is 1.71. The smallest absolute Gasteiger partial charge is 0.274 e. The van der Waals surface area contributed by atoms with E-state index in [4.69, 9.17) is 5.73 Å².